The summed E-state index contributed by atoms with van der Waals surface area (Å²) >= 11 is 0. The number of rotatable bonds is 2. The summed E-state index contributed by atoms with van der Waals surface area (Å²) in [7, 11) is 0. The Bertz CT molecular complexity index is 125. The summed E-state index contributed by atoms with van der Waals surface area (Å²) in [4.78, 5) is 2.25. The Kier molecular flexibility index (Phi) is 2.88. The Morgan fingerprint density at radius 1 is 1.36 bits per heavy atom. The van der Waals surface area contributed by atoms with Crippen molar-refractivity contribution in [3.63, 3.8) is 0 Å². The predicted molar refractivity (Wildman–Crippen MR) is 45.4 cm³/mol. The average Bonchev–Trinajstić information content (AvgIpc) is 2.34. The molecule has 1 unspecified atom stereocenters. The van der Waals surface area contributed by atoms with Gasteiger partial charge < -0.3 is 0 Å². The molecule has 1 saturated heterocycles. The molecule has 1 heterocycles. The van der Waals surface area contributed by atoms with Crippen LogP contribution in [0, 0.1) is 5.92 Å². The zero-order chi connectivity index (χ0) is 8.43. The van der Waals surface area contributed by atoms with Gasteiger partial charge in [0, 0.05) is 19.1 Å². The topological polar surface area (TPSA) is 3.24 Å². The summed E-state index contributed by atoms with van der Waals surface area (Å²) in [6.07, 6.45) is 0.160. The van der Waals surface area contributed by atoms with E-state index in [1.165, 1.54) is 0 Å². The van der Waals surface area contributed by atoms with E-state index in [-0.39, 0.29) is 0 Å². The van der Waals surface area contributed by atoms with E-state index in [0.717, 1.165) is 13.0 Å². The largest absolute Gasteiger partial charge is 0.297 e. The molecule has 0 radical (unpaired) electrons. The summed E-state index contributed by atoms with van der Waals surface area (Å²) in [5.74, 6) is 0.639. The summed E-state index contributed by atoms with van der Waals surface area (Å²) in [5.41, 5.74) is 0. The number of hydrogen-bond donors (Lipinski definition) is 0. The van der Waals surface area contributed by atoms with E-state index in [0.29, 0.717) is 18.5 Å². The quantitative estimate of drug-likeness (QED) is 0.596. The van der Waals surface area contributed by atoms with Gasteiger partial charge in [-0.3, -0.25) is 4.90 Å². The third kappa shape index (κ3) is 2.16. The van der Waals surface area contributed by atoms with E-state index in [4.69, 9.17) is 0 Å². The van der Waals surface area contributed by atoms with Crippen molar-refractivity contribution in [2.24, 2.45) is 5.92 Å². The summed E-state index contributed by atoms with van der Waals surface area (Å²) in [6.45, 7) is 8.16. The molecule has 1 rings (SSSR count). The number of nitrogens with zero attached hydrogens (tertiary/aromatic N) is 1. The highest BCUT2D eigenvalue weighted by Gasteiger charge is 2.26. The maximum atomic E-state index is 12.8. The first kappa shape index (κ1) is 8.98. The molecule has 2 heteroatoms. The maximum absolute atomic E-state index is 12.8. The Balaban J connectivity index is 2.36. The zero-order valence-electron chi connectivity index (χ0n) is 7.68. The van der Waals surface area contributed by atoms with Crippen molar-refractivity contribution in [2.45, 2.75) is 39.4 Å². The number of likely N-dealkylation sites (tertiary alicyclic amines) is 1. The summed E-state index contributed by atoms with van der Waals surface area (Å²) in [5, 5.41) is 0. The molecule has 1 fully saturated rings. The zero-order valence-corrected chi connectivity index (χ0v) is 7.68. The van der Waals surface area contributed by atoms with Crippen LogP contribution in [0.3, 0.4) is 0 Å². The average molecular weight is 159 g/mol. The second-order valence-electron chi connectivity index (χ2n) is 3.87. The molecule has 1 aliphatic heterocycles. The highest BCUT2D eigenvalue weighted by Crippen LogP contribution is 2.18. The van der Waals surface area contributed by atoms with E-state index >= 15 is 0 Å². The summed E-state index contributed by atoms with van der Waals surface area (Å²) < 4.78 is 12.8. The van der Waals surface area contributed by atoms with Crippen LogP contribution in [0.25, 0.3) is 0 Å². The van der Waals surface area contributed by atoms with Crippen molar-refractivity contribution in [1.82, 2.24) is 4.90 Å². The standard InChI is InChI=1S/C9H18FN/c1-7(2)8(3)11-5-4-9(10)6-11/h7-9H,4-6H2,1-3H3/t8?,9-/m0/s1. The van der Waals surface area contributed by atoms with Gasteiger partial charge in [0.15, 0.2) is 0 Å². The van der Waals surface area contributed by atoms with Crippen LogP contribution in [-0.4, -0.2) is 30.2 Å². The van der Waals surface area contributed by atoms with Crippen LogP contribution in [-0.2, 0) is 0 Å². The van der Waals surface area contributed by atoms with E-state index in [1.807, 2.05) is 0 Å². The molecule has 1 nitrogen and oxygen atoms in total. The molecule has 11 heavy (non-hydrogen) atoms. The fourth-order valence-corrected chi connectivity index (χ4v) is 1.53. The molecule has 1 aliphatic rings. The van der Waals surface area contributed by atoms with Crippen LogP contribution in [0.15, 0.2) is 0 Å². The molecule has 66 valence electrons. The van der Waals surface area contributed by atoms with Gasteiger partial charge in [0.25, 0.3) is 0 Å². The highest BCUT2D eigenvalue weighted by molar-refractivity contribution is 4.80. The summed E-state index contributed by atoms with van der Waals surface area (Å²) in [6, 6.07) is 0.538. The van der Waals surface area contributed by atoms with Gasteiger partial charge >= 0.3 is 0 Å². The minimum absolute atomic E-state index is 0.538. The Morgan fingerprint density at radius 2 is 2.00 bits per heavy atom. The normalized spacial score (nSPS) is 29.7. The second-order valence-corrected chi connectivity index (χ2v) is 3.87. The first-order valence-corrected chi connectivity index (χ1v) is 4.49. The van der Waals surface area contributed by atoms with Gasteiger partial charge in [-0.2, -0.15) is 0 Å². The smallest absolute Gasteiger partial charge is 0.114 e. The first-order chi connectivity index (χ1) is 5.11. The van der Waals surface area contributed by atoms with Crippen molar-refractivity contribution < 1.29 is 4.39 Å². The molecule has 0 N–H and O–H groups in total. The van der Waals surface area contributed by atoms with Gasteiger partial charge in [-0.25, -0.2) is 4.39 Å². The Morgan fingerprint density at radius 3 is 2.36 bits per heavy atom. The minimum atomic E-state index is -0.573. The van der Waals surface area contributed by atoms with E-state index in [1.54, 1.807) is 0 Å². The van der Waals surface area contributed by atoms with E-state index < -0.39 is 6.17 Å². The fraction of sp³-hybridized carbons (Fsp3) is 1.00. The number of halogens is 1. The lowest BCUT2D eigenvalue weighted by atomic mass is 10.1. The van der Waals surface area contributed by atoms with Crippen molar-refractivity contribution in [2.75, 3.05) is 13.1 Å². The van der Waals surface area contributed by atoms with Crippen LogP contribution in [0.2, 0.25) is 0 Å². The third-order valence-electron chi connectivity index (χ3n) is 2.70. The number of hydrogen-bond acceptors (Lipinski definition) is 1. The molecule has 0 saturated carbocycles. The van der Waals surface area contributed by atoms with Crippen molar-refractivity contribution >= 4 is 0 Å². The second kappa shape index (κ2) is 3.53. The molecule has 0 aromatic carbocycles. The Hall–Kier alpha value is -0.110. The van der Waals surface area contributed by atoms with E-state index in [2.05, 4.69) is 25.7 Å². The molecule has 2 atom stereocenters. The van der Waals surface area contributed by atoms with Crippen LogP contribution in [0.4, 0.5) is 4.39 Å². The maximum Gasteiger partial charge on any atom is 0.114 e. The monoisotopic (exact) mass is 159 g/mol. The molecule has 0 aromatic heterocycles. The Labute approximate surface area is 68.6 Å². The van der Waals surface area contributed by atoms with Gasteiger partial charge in [-0.15, -0.1) is 0 Å². The SMILES string of the molecule is CC(C)C(C)N1CC[C@H](F)C1. The van der Waals surface area contributed by atoms with Gasteiger partial charge in [0.2, 0.25) is 0 Å². The van der Waals surface area contributed by atoms with Crippen molar-refractivity contribution in [1.29, 1.82) is 0 Å². The highest BCUT2D eigenvalue weighted by atomic mass is 19.1. The minimum Gasteiger partial charge on any atom is -0.297 e. The molecule has 0 aliphatic carbocycles. The molecule has 0 aromatic rings. The molecule has 0 bridgehead atoms. The van der Waals surface area contributed by atoms with Crippen LogP contribution in [0.5, 0.6) is 0 Å². The molecular weight excluding hydrogens is 141 g/mol. The lowest BCUT2D eigenvalue weighted by molar-refractivity contribution is 0.192. The van der Waals surface area contributed by atoms with Crippen LogP contribution >= 0.6 is 0 Å². The third-order valence-corrected chi connectivity index (χ3v) is 2.70. The van der Waals surface area contributed by atoms with Crippen LogP contribution in [0.1, 0.15) is 27.2 Å². The van der Waals surface area contributed by atoms with Gasteiger partial charge in [0.1, 0.15) is 6.17 Å². The number of alkyl halides is 1. The van der Waals surface area contributed by atoms with E-state index in [9.17, 15) is 4.39 Å². The van der Waals surface area contributed by atoms with Crippen LogP contribution < -0.4 is 0 Å². The molecule has 0 spiro atoms. The van der Waals surface area contributed by atoms with Gasteiger partial charge in [0.05, 0.1) is 0 Å². The molecule has 0 amide bonds. The first-order valence-electron chi connectivity index (χ1n) is 4.49. The van der Waals surface area contributed by atoms with Gasteiger partial charge in [-0.05, 0) is 19.3 Å². The predicted octanol–water partition coefficient (Wildman–Crippen LogP) is 2.07. The lowest BCUT2D eigenvalue weighted by Gasteiger charge is -2.26. The van der Waals surface area contributed by atoms with Gasteiger partial charge in [-0.1, -0.05) is 13.8 Å². The fourth-order valence-electron chi connectivity index (χ4n) is 1.53. The van der Waals surface area contributed by atoms with Crippen molar-refractivity contribution in [3.8, 4) is 0 Å². The van der Waals surface area contributed by atoms with Crippen molar-refractivity contribution in [3.05, 3.63) is 0 Å². The lowest BCUT2D eigenvalue weighted by Crippen LogP contribution is -2.34. The molecular formula is C9H18FN.